The minimum absolute atomic E-state index is 0.0247. The van der Waals surface area contributed by atoms with Gasteiger partial charge in [0.15, 0.2) is 23.4 Å². The lowest BCUT2D eigenvalue weighted by Crippen LogP contribution is -2.67. The molecule has 0 radical (unpaired) electrons. The van der Waals surface area contributed by atoms with Gasteiger partial charge < -0.3 is 44.8 Å². The number of allylic oxidation sites excluding steroid dienone is 1. The van der Waals surface area contributed by atoms with Gasteiger partial charge in [-0.1, -0.05) is 24.3 Å². The summed E-state index contributed by atoms with van der Waals surface area (Å²) < 4.78 is 18.7. The summed E-state index contributed by atoms with van der Waals surface area (Å²) in [5, 5.41) is 64.0. The van der Waals surface area contributed by atoms with Crippen molar-refractivity contribution in [3.8, 4) is 28.7 Å². The molecule has 5 atom stereocenters. The quantitative estimate of drug-likeness (QED) is 0.272. The molecule has 1 aliphatic carbocycles. The Balaban J connectivity index is 1.49. The number of benzene rings is 3. The Hall–Kier alpha value is -5.00. The third kappa shape index (κ3) is 3.21. The number of phenolic OH excluding ortho intramolecular Hbond substituents is 4. The van der Waals surface area contributed by atoms with Crippen molar-refractivity contribution in [1.29, 1.82) is 0 Å². The Morgan fingerprint density at radius 1 is 0.805 bits per heavy atom. The molecule has 7 rings (SSSR count). The Morgan fingerprint density at radius 2 is 1.44 bits per heavy atom. The maximum atomic E-state index is 14.3. The topological polar surface area (TPSA) is 183 Å². The van der Waals surface area contributed by atoms with Crippen LogP contribution < -0.4 is 4.74 Å². The van der Waals surface area contributed by atoms with E-state index in [1.807, 2.05) is 0 Å². The fraction of sp³-hybridized carbons (Fsp3) is 0.200. The molecule has 1 spiro atoms. The van der Waals surface area contributed by atoms with Gasteiger partial charge in [-0.3, -0.25) is 9.59 Å². The molecule has 0 amide bonds. The van der Waals surface area contributed by atoms with Gasteiger partial charge in [0.1, 0.15) is 40.4 Å². The van der Waals surface area contributed by atoms with Crippen LogP contribution in [0.1, 0.15) is 40.1 Å². The number of hydrogen-bond donors (Lipinski definition) is 6. The lowest BCUT2D eigenvalue weighted by atomic mass is 9.66. The first kappa shape index (κ1) is 25.0. The number of carbonyl (C=O) groups is 2. The van der Waals surface area contributed by atoms with Crippen LogP contribution in [0.25, 0.3) is 0 Å². The van der Waals surface area contributed by atoms with Gasteiger partial charge >= 0.3 is 0 Å². The van der Waals surface area contributed by atoms with Crippen LogP contribution in [0.15, 0.2) is 83.8 Å². The molecule has 208 valence electrons. The molecular weight excluding hydrogens is 536 g/mol. The van der Waals surface area contributed by atoms with Gasteiger partial charge in [0.2, 0.25) is 11.4 Å². The van der Waals surface area contributed by atoms with Crippen molar-refractivity contribution in [2.24, 2.45) is 0 Å². The van der Waals surface area contributed by atoms with E-state index >= 15 is 0 Å². The molecule has 11 heteroatoms. The molecule has 0 bridgehead atoms. The van der Waals surface area contributed by atoms with Crippen LogP contribution in [0.5, 0.6) is 28.7 Å². The van der Waals surface area contributed by atoms with E-state index in [1.165, 1.54) is 48.5 Å². The van der Waals surface area contributed by atoms with Crippen LogP contribution in [0.2, 0.25) is 0 Å². The second-order valence-corrected chi connectivity index (χ2v) is 10.4. The Bertz CT molecular complexity index is 1710. The minimum Gasteiger partial charge on any atom is -0.508 e. The number of aliphatic hydroxyl groups excluding tert-OH is 1. The van der Waals surface area contributed by atoms with Crippen LogP contribution in [0.3, 0.4) is 0 Å². The van der Waals surface area contributed by atoms with Gasteiger partial charge in [-0.05, 0) is 35.4 Å². The summed E-state index contributed by atoms with van der Waals surface area (Å²) in [5.41, 5.74) is -4.81. The van der Waals surface area contributed by atoms with Gasteiger partial charge in [0.25, 0.3) is 5.60 Å². The third-order valence-corrected chi connectivity index (χ3v) is 7.99. The van der Waals surface area contributed by atoms with Crippen molar-refractivity contribution in [1.82, 2.24) is 0 Å². The maximum Gasteiger partial charge on any atom is 0.262 e. The van der Waals surface area contributed by atoms with E-state index in [0.29, 0.717) is 5.56 Å². The van der Waals surface area contributed by atoms with Crippen molar-refractivity contribution in [2.45, 2.75) is 35.9 Å². The highest BCUT2D eigenvalue weighted by Crippen LogP contribution is 2.63. The second-order valence-electron chi connectivity index (χ2n) is 10.4. The molecule has 3 heterocycles. The monoisotopic (exact) mass is 558 g/mol. The zero-order valence-corrected chi connectivity index (χ0v) is 21.0. The second kappa shape index (κ2) is 8.26. The average Bonchev–Trinajstić information content (AvgIpc) is 3.19. The van der Waals surface area contributed by atoms with E-state index < -0.39 is 58.1 Å². The average molecular weight is 558 g/mol. The standard InChI is InChI=1S/C30H22O11/c31-15-5-1-13(2-6-15)25-21(36)11-18-19(34)12-23-30(28(18)40-25)29(38,27(39-23)14-3-7-16(32)8-4-14)26(37)24-20(35)9-17(33)10-22(24)41-30/h1-10,12,21,25,27,31-33,35-36,38H,11H2/t21-,25-,27-,29+,30-/m1/s1. The molecule has 4 aliphatic rings. The van der Waals surface area contributed by atoms with E-state index in [-0.39, 0.29) is 46.3 Å². The van der Waals surface area contributed by atoms with E-state index in [4.69, 9.17) is 14.2 Å². The number of ether oxygens (including phenoxy) is 3. The van der Waals surface area contributed by atoms with Crippen LogP contribution in [0.4, 0.5) is 0 Å². The minimum atomic E-state index is -2.68. The SMILES string of the molecule is O=C1C=C2O[C@H](c3ccc(O)cc3)[C@@]3(O)C(=O)c4c(O)cc(O)cc4O[C@@]23C2=C1C[C@@H](O)[C@@H](c1ccc(O)cc1)O2. The molecule has 1 fully saturated rings. The van der Waals surface area contributed by atoms with E-state index in [0.717, 1.165) is 18.2 Å². The smallest absolute Gasteiger partial charge is 0.262 e. The molecule has 41 heavy (non-hydrogen) atoms. The van der Waals surface area contributed by atoms with Gasteiger partial charge in [-0.15, -0.1) is 0 Å². The van der Waals surface area contributed by atoms with E-state index in [2.05, 4.69) is 0 Å². The lowest BCUT2D eigenvalue weighted by molar-refractivity contribution is -0.130. The number of hydrogen-bond acceptors (Lipinski definition) is 11. The van der Waals surface area contributed by atoms with Crippen molar-refractivity contribution < 1.29 is 54.4 Å². The van der Waals surface area contributed by atoms with Crippen LogP contribution in [0, 0.1) is 0 Å². The first-order valence-electron chi connectivity index (χ1n) is 12.7. The predicted molar refractivity (Wildman–Crippen MR) is 137 cm³/mol. The molecule has 6 N–H and O–H groups in total. The number of carbonyl (C=O) groups excluding carboxylic acids is 2. The largest absolute Gasteiger partial charge is 0.508 e. The molecule has 1 saturated heterocycles. The predicted octanol–water partition coefficient (Wildman–Crippen LogP) is 2.57. The van der Waals surface area contributed by atoms with Crippen molar-refractivity contribution in [3.63, 3.8) is 0 Å². The van der Waals surface area contributed by atoms with Crippen molar-refractivity contribution in [3.05, 3.63) is 101 Å². The van der Waals surface area contributed by atoms with Gasteiger partial charge in [-0.25, -0.2) is 0 Å². The highest BCUT2D eigenvalue weighted by molar-refractivity contribution is 6.13. The molecule has 3 aliphatic heterocycles. The first-order valence-corrected chi connectivity index (χ1v) is 12.7. The van der Waals surface area contributed by atoms with Crippen molar-refractivity contribution >= 4 is 11.6 Å². The zero-order chi connectivity index (χ0) is 28.8. The highest BCUT2D eigenvalue weighted by atomic mass is 16.6. The van der Waals surface area contributed by atoms with E-state index in [9.17, 15) is 40.2 Å². The maximum absolute atomic E-state index is 14.3. The number of rotatable bonds is 2. The van der Waals surface area contributed by atoms with Crippen molar-refractivity contribution in [2.75, 3.05) is 0 Å². The number of fused-ring (bicyclic) bond motifs is 1. The molecule has 0 saturated carbocycles. The third-order valence-electron chi connectivity index (χ3n) is 7.99. The summed E-state index contributed by atoms with van der Waals surface area (Å²) in [6.07, 6.45) is -3.02. The summed E-state index contributed by atoms with van der Waals surface area (Å²) >= 11 is 0. The van der Waals surface area contributed by atoms with Gasteiger partial charge in [-0.2, -0.15) is 0 Å². The lowest BCUT2D eigenvalue weighted by Gasteiger charge is -2.48. The number of ketones is 2. The zero-order valence-electron chi connectivity index (χ0n) is 21.0. The molecule has 0 aromatic heterocycles. The summed E-state index contributed by atoms with van der Waals surface area (Å²) in [7, 11) is 0. The van der Waals surface area contributed by atoms with E-state index in [1.54, 1.807) is 0 Å². The fourth-order valence-corrected chi connectivity index (χ4v) is 6.10. The van der Waals surface area contributed by atoms with Crippen LogP contribution in [-0.2, 0) is 14.3 Å². The number of aromatic hydroxyl groups is 4. The normalized spacial score (nSPS) is 29.7. The summed E-state index contributed by atoms with van der Waals surface area (Å²) in [6.45, 7) is 0. The number of Topliss-reactive ketones (excluding diaryl/α,β-unsaturated/α-hetero) is 1. The summed E-state index contributed by atoms with van der Waals surface area (Å²) in [4.78, 5) is 27.6. The first-order chi connectivity index (χ1) is 19.5. The molecular formula is C30H22O11. The number of phenols is 4. The molecule has 3 aromatic carbocycles. The highest BCUT2D eigenvalue weighted by Gasteiger charge is 2.78. The summed E-state index contributed by atoms with van der Waals surface area (Å²) in [5.74, 6) is -3.65. The Kier molecular flexibility index (Phi) is 5.03. The van der Waals surface area contributed by atoms with Crippen LogP contribution in [-0.4, -0.2) is 59.5 Å². The Labute approximate surface area is 231 Å². The van der Waals surface area contributed by atoms with Gasteiger partial charge in [0.05, 0.1) is 6.10 Å². The molecule has 11 nitrogen and oxygen atoms in total. The Morgan fingerprint density at radius 3 is 2.10 bits per heavy atom. The van der Waals surface area contributed by atoms with Gasteiger partial charge in [0, 0.05) is 30.2 Å². The van der Waals surface area contributed by atoms with Crippen LogP contribution >= 0.6 is 0 Å². The number of aliphatic hydroxyl groups is 2. The summed E-state index contributed by atoms with van der Waals surface area (Å²) in [6, 6.07) is 13.3. The molecule has 0 unspecified atom stereocenters. The fourth-order valence-electron chi connectivity index (χ4n) is 6.10. The molecule has 3 aromatic rings.